The van der Waals surface area contributed by atoms with E-state index in [-0.39, 0.29) is 38.9 Å². The monoisotopic (exact) mass is 584 g/mol. The maximum atomic E-state index is 13.5. The van der Waals surface area contributed by atoms with Crippen LogP contribution in [0.5, 0.6) is 0 Å². The summed E-state index contributed by atoms with van der Waals surface area (Å²) in [6, 6.07) is 14.7. The number of benzene rings is 3. The van der Waals surface area contributed by atoms with E-state index in [4.69, 9.17) is 11.6 Å². The highest BCUT2D eigenvalue weighted by molar-refractivity contribution is 7.91. The van der Waals surface area contributed by atoms with Crippen LogP contribution in [0.1, 0.15) is 44.3 Å². The number of alkyl halides is 4. The van der Waals surface area contributed by atoms with Gasteiger partial charge in [0.1, 0.15) is 6.67 Å². The minimum absolute atomic E-state index is 0.0250. The highest BCUT2D eigenvalue weighted by Crippen LogP contribution is 2.34. The lowest BCUT2D eigenvalue weighted by Gasteiger charge is -2.24. The Bertz CT molecular complexity index is 1430. The Balaban J connectivity index is 1.69. The van der Waals surface area contributed by atoms with Gasteiger partial charge in [-0.3, -0.25) is 9.59 Å². The van der Waals surface area contributed by atoms with Crippen LogP contribution in [0.25, 0.3) is 0 Å². The van der Waals surface area contributed by atoms with E-state index >= 15 is 0 Å². The number of nitrogens with zero attached hydrogens (tertiary/aromatic N) is 1. The number of nitrogens with one attached hydrogen (secondary N) is 1. The van der Waals surface area contributed by atoms with Gasteiger partial charge in [-0.05, 0) is 59.7 Å². The first-order valence-electron chi connectivity index (χ1n) is 11.8. The van der Waals surface area contributed by atoms with E-state index in [0.29, 0.717) is 5.56 Å². The maximum Gasteiger partial charge on any atom is 0.416 e. The Hall–Kier alpha value is -3.44. The molecule has 0 saturated carbocycles. The summed E-state index contributed by atoms with van der Waals surface area (Å²) >= 11 is 5.71. The normalized spacial score (nSPS) is 11.7. The van der Waals surface area contributed by atoms with Crippen molar-refractivity contribution < 1.29 is 35.6 Å². The third-order valence-electron chi connectivity index (χ3n) is 5.89. The summed E-state index contributed by atoms with van der Waals surface area (Å²) in [6.07, 6.45) is -4.71. The van der Waals surface area contributed by atoms with Gasteiger partial charge in [0.2, 0.25) is 0 Å². The Kier molecular flexibility index (Phi) is 9.73. The van der Waals surface area contributed by atoms with Gasteiger partial charge in [-0.1, -0.05) is 36.7 Å². The van der Waals surface area contributed by atoms with Crippen LogP contribution in [0, 0.1) is 0 Å². The number of carbonyl (C=O) groups excluding carboxylic acids is 2. The average Bonchev–Trinajstić information content (AvgIpc) is 2.91. The van der Waals surface area contributed by atoms with Crippen LogP contribution in [0.2, 0.25) is 5.02 Å². The summed E-state index contributed by atoms with van der Waals surface area (Å²) in [7, 11) is -3.33. The van der Waals surface area contributed by atoms with Gasteiger partial charge in [0.25, 0.3) is 11.8 Å². The number of amides is 2. The van der Waals surface area contributed by atoms with Gasteiger partial charge in [0, 0.05) is 35.8 Å². The van der Waals surface area contributed by atoms with E-state index in [1.807, 2.05) is 0 Å². The number of rotatable bonds is 10. The highest BCUT2D eigenvalue weighted by Gasteiger charge is 2.34. The Morgan fingerprint density at radius 3 is 2.13 bits per heavy atom. The van der Waals surface area contributed by atoms with Crippen LogP contribution in [0.3, 0.4) is 0 Å². The first kappa shape index (κ1) is 30.1. The molecule has 2 amide bonds. The van der Waals surface area contributed by atoms with Crippen LogP contribution in [-0.4, -0.2) is 44.1 Å². The molecule has 0 aliphatic rings. The summed E-state index contributed by atoms with van der Waals surface area (Å²) in [5.41, 5.74) is -0.293. The molecule has 0 atom stereocenters. The molecule has 0 aromatic heterocycles. The summed E-state index contributed by atoms with van der Waals surface area (Å²) in [5.74, 6) is -1.19. The molecule has 0 bridgehead atoms. The average molecular weight is 585 g/mol. The molecule has 0 spiro atoms. The molecule has 12 heteroatoms. The van der Waals surface area contributed by atoms with Gasteiger partial charge in [0.15, 0.2) is 9.84 Å². The van der Waals surface area contributed by atoms with Crippen molar-refractivity contribution in [2.45, 2.75) is 31.1 Å². The fourth-order valence-electron chi connectivity index (χ4n) is 3.72. The van der Waals surface area contributed by atoms with Crippen molar-refractivity contribution in [1.29, 1.82) is 0 Å². The van der Waals surface area contributed by atoms with E-state index < -0.39 is 53.2 Å². The molecule has 0 aliphatic carbocycles. The molecular weight excluding hydrogens is 560 g/mol. The molecule has 3 aromatic rings. The Morgan fingerprint density at radius 1 is 0.949 bits per heavy atom. The van der Waals surface area contributed by atoms with E-state index in [0.717, 1.165) is 17.0 Å². The summed E-state index contributed by atoms with van der Waals surface area (Å²) in [4.78, 5) is 26.7. The van der Waals surface area contributed by atoms with Crippen molar-refractivity contribution >= 4 is 33.3 Å². The molecule has 0 fully saturated rings. The van der Waals surface area contributed by atoms with Gasteiger partial charge in [-0.15, -0.1) is 0 Å². The second kappa shape index (κ2) is 12.6. The van der Waals surface area contributed by atoms with Crippen LogP contribution >= 0.6 is 11.6 Å². The number of halogens is 5. The van der Waals surface area contributed by atoms with Crippen molar-refractivity contribution in [3.8, 4) is 0 Å². The first-order valence-corrected chi connectivity index (χ1v) is 13.8. The van der Waals surface area contributed by atoms with E-state index in [9.17, 15) is 35.6 Å². The first-order chi connectivity index (χ1) is 18.4. The zero-order valence-electron chi connectivity index (χ0n) is 20.8. The number of sulfone groups is 1. The van der Waals surface area contributed by atoms with Gasteiger partial charge in [-0.25, -0.2) is 12.8 Å². The molecule has 39 heavy (non-hydrogen) atoms. The topological polar surface area (TPSA) is 83.5 Å². The van der Waals surface area contributed by atoms with Gasteiger partial charge in [-0.2, -0.15) is 13.2 Å². The van der Waals surface area contributed by atoms with Crippen molar-refractivity contribution in [2.75, 3.05) is 19.0 Å². The van der Waals surface area contributed by atoms with Crippen molar-refractivity contribution in [3.05, 3.63) is 99.6 Å². The molecule has 0 saturated heterocycles. The minimum atomic E-state index is -4.71. The fraction of sp³-hybridized carbons (Fsp3) is 0.259. The number of hydrogen-bond donors (Lipinski definition) is 1. The SMILES string of the molecule is CCS(=O)(=O)c1ccc(CNC(=O)c2ccc(C(=O)N(CCF)Cc3ccc(Cl)cc3C(F)(F)F)cc2)cc1. The number of carbonyl (C=O) groups is 2. The van der Waals surface area contributed by atoms with Crippen LogP contribution in [0.4, 0.5) is 17.6 Å². The molecule has 0 aliphatic heterocycles. The predicted octanol–water partition coefficient (Wildman–Crippen LogP) is 5.69. The number of hydrogen-bond acceptors (Lipinski definition) is 4. The van der Waals surface area contributed by atoms with Crippen LogP contribution in [-0.2, 0) is 29.1 Å². The third kappa shape index (κ3) is 7.79. The van der Waals surface area contributed by atoms with Crippen molar-refractivity contribution in [1.82, 2.24) is 10.2 Å². The van der Waals surface area contributed by atoms with E-state index in [2.05, 4.69) is 5.32 Å². The molecule has 0 unspecified atom stereocenters. The van der Waals surface area contributed by atoms with E-state index in [1.165, 1.54) is 42.5 Å². The van der Waals surface area contributed by atoms with Crippen molar-refractivity contribution in [2.24, 2.45) is 0 Å². The molecule has 0 heterocycles. The zero-order chi connectivity index (χ0) is 28.8. The second-order valence-corrected chi connectivity index (χ2v) is 11.2. The molecular formula is C27H25ClF4N2O4S. The Labute approximate surface area is 228 Å². The summed E-state index contributed by atoms with van der Waals surface area (Å²) in [5, 5.41) is 2.57. The molecule has 6 nitrogen and oxygen atoms in total. The van der Waals surface area contributed by atoms with Gasteiger partial charge >= 0.3 is 6.18 Å². The molecule has 0 radical (unpaired) electrons. The summed E-state index contributed by atoms with van der Waals surface area (Å²) in [6.45, 7) is -0.218. The molecule has 208 valence electrons. The zero-order valence-corrected chi connectivity index (χ0v) is 22.3. The predicted molar refractivity (Wildman–Crippen MR) is 139 cm³/mol. The minimum Gasteiger partial charge on any atom is -0.348 e. The lowest BCUT2D eigenvalue weighted by Crippen LogP contribution is -2.33. The summed E-state index contributed by atoms with van der Waals surface area (Å²) < 4.78 is 77.4. The van der Waals surface area contributed by atoms with E-state index in [1.54, 1.807) is 19.1 Å². The van der Waals surface area contributed by atoms with Gasteiger partial charge < -0.3 is 10.2 Å². The quantitative estimate of drug-likeness (QED) is 0.310. The smallest absolute Gasteiger partial charge is 0.348 e. The largest absolute Gasteiger partial charge is 0.416 e. The second-order valence-electron chi connectivity index (χ2n) is 8.52. The standard InChI is InChI=1S/C27H25ClF4N2O4S/c1-2-39(37,38)23-11-3-18(4-12-23)16-33-25(35)19-5-7-20(8-6-19)26(36)34(14-13-29)17-21-9-10-22(28)15-24(21)27(30,31)32/h3-12,15H,2,13-14,16-17H2,1H3,(H,33,35). The Morgan fingerprint density at radius 2 is 1.56 bits per heavy atom. The molecule has 3 rings (SSSR count). The van der Waals surface area contributed by atoms with Crippen LogP contribution < -0.4 is 5.32 Å². The third-order valence-corrected chi connectivity index (χ3v) is 7.88. The maximum absolute atomic E-state index is 13.5. The molecule has 1 N–H and O–H groups in total. The molecule has 3 aromatic carbocycles. The lowest BCUT2D eigenvalue weighted by atomic mass is 10.1. The highest BCUT2D eigenvalue weighted by atomic mass is 35.5. The van der Waals surface area contributed by atoms with Crippen molar-refractivity contribution in [3.63, 3.8) is 0 Å². The fourth-order valence-corrected chi connectivity index (χ4v) is 4.78. The van der Waals surface area contributed by atoms with Gasteiger partial charge in [0.05, 0.1) is 16.2 Å². The van der Waals surface area contributed by atoms with Crippen LogP contribution in [0.15, 0.2) is 71.6 Å². The lowest BCUT2D eigenvalue weighted by molar-refractivity contribution is -0.138.